The number of esters is 1. The Hall–Kier alpha value is -2.23. The molecule has 0 saturated carbocycles. The van der Waals surface area contributed by atoms with Crippen LogP contribution in [0.3, 0.4) is 0 Å². The Morgan fingerprint density at radius 1 is 1.29 bits per heavy atom. The first-order valence-corrected chi connectivity index (χ1v) is 11.3. The van der Waals surface area contributed by atoms with Gasteiger partial charge in [-0.15, -0.1) is 11.3 Å². The minimum absolute atomic E-state index is 0.0274. The average Bonchev–Trinajstić information content (AvgIpc) is 3.30. The van der Waals surface area contributed by atoms with Gasteiger partial charge >= 0.3 is 5.97 Å². The van der Waals surface area contributed by atoms with Crippen molar-refractivity contribution in [3.05, 3.63) is 57.3 Å². The number of hydrogen-bond donors (Lipinski definition) is 1. The monoisotopic (exact) mass is 423 g/mol. The smallest absolute Gasteiger partial charge is 0.348 e. The second-order valence-electron chi connectivity index (χ2n) is 6.81. The number of methoxy groups -OCH3 is 1. The van der Waals surface area contributed by atoms with Gasteiger partial charge in [0.15, 0.2) is 9.84 Å². The Morgan fingerprint density at radius 2 is 1.93 bits per heavy atom. The molecule has 1 aliphatic rings. The maximum absolute atomic E-state index is 12.8. The van der Waals surface area contributed by atoms with E-state index >= 15 is 0 Å². The molecular weight excluding hydrogens is 402 g/mol. The minimum atomic E-state index is -3.57. The van der Waals surface area contributed by atoms with Crippen molar-refractivity contribution in [2.24, 2.45) is 5.92 Å². The largest absolute Gasteiger partial charge is 0.465 e. The number of rotatable bonds is 8. The van der Waals surface area contributed by atoms with Crippen molar-refractivity contribution in [2.45, 2.75) is 18.9 Å². The molecule has 0 aliphatic heterocycles. The summed E-state index contributed by atoms with van der Waals surface area (Å²) in [4.78, 5) is 23.4. The number of sulfone groups is 1. The lowest BCUT2D eigenvalue weighted by Crippen LogP contribution is -2.31. The van der Waals surface area contributed by atoms with Gasteiger partial charge in [0, 0.05) is 4.88 Å². The van der Waals surface area contributed by atoms with E-state index in [0.29, 0.717) is 22.8 Å². The molecule has 7 nitrogen and oxygen atoms in total. The molecule has 1 aliphatic carbocycles. The van der Waals surface area contributed by atoms with Crippen LogP contribution in [0.5, 0.6) is 0 Å². The van der Waals surface area contributed by atoms with Crippen LogP contribution >= 0.6 is 11.3 Å². The predicted octanol–water partition coefficient (Wildman–Crippen LogP) is 2.25. The first kappa shape index (κ1) is 20.5. The fourth-order valence-corrected chi connectivity index (χ4v) is 6.57. The van der Waals surface area contributed by atoms with Gasteiger partial charge in [-0.1, -0.05) is 24.3 Å². The number of amides is 1. The van der Waals surface area contributed by atoms with E-state index in [9.17, 15) is 23.2 Å². The van der Waals surface area contributed by atoms with Gasteiger partial charge in [-0.25, -0.2) is 18.3 Å². The lowest BCUT2D eigenvalue weighted by molar-refractivity contribution is -0.158. The average molecular weight is 424 g/mol. The maximum Gasteiger partial charge on any atom is 0.348 e. The molecule has 0 saturated heterocycles. The number of nitrogens with zero attached hydrogens (tertiary/aromatic N) is 1. The number of hydrogen-bond acceptors (Lipinski definition) is 7. The quantitative estimate of drug-likeness (QED) is 0.302. The fraction of sp³-hybridized carbons (Fsp3) is 0.368. The minimum Gasteiger partial charge on any atom is -0.465 e. The molecule has 150 valence electrons. The van der Waals surface area contributed by atoms with Crippen LogP contribution in [0, 0.1) is 5.92 Å². The number of ether oxygens (including phenoxy) is 1. The summed E-state index contributed by atoms with van der Waals surface area (Å²) < 4.78 is 30.2. The van der Waals surface area contributed by atoms with Crippen LogP contribution < -0.4 is 0 Å². The summed E-state index contributed by atoms with van der Waals surface area (Å²) in [5.41, 5.74) is 2.33. The zero-order valence-electron chi connectivity index (χ0n) is 15.3. The van der Waals surface area contributed by atoms with E-state index in [1.54, 1.807) is 0 Å². The molecule has 0 radical (unpaired) electrons. The number of carbonyl (C=O) groups is 2. The van der Waals surface area contributed by atoms with E-state index in [4.69, 9.17) is 0 Å². The number of hydroxylamine groups is 2. The molecular formula is C19H21NO6S2. The van der Waals surface area contributed by atoms with E-state index < -0.39 is 27.6 Å². The van der Waals surface area contributed by atoms with Gasteiger partial charge in [-0.2, -0.15) is 0 Å². The van der Waals surface area contributed by atoms with E-state index in [0.717, 1.165) is 22.5 Å². The summed E-state index contributed by atoms with van der Waals surface area (Å²) in [6, 6.07) is 9.82. The Labute approximate surface area is 167 Å². The van der Waals surface area contributed by atoms with Gasteiger partial charge in [0.05, 0.1) is 18.6 Å². The predicted molar refractivity (Wildman–Crippen MR) is 104 cm³/mol. The first-order valence-electron chi connectivity index (χ1n) is 8.70. The third kappa shape index (κ3) is 4.60. The van der Waals surface area contributed by atoms with Crippen molar-refractivity contribution in [3.63, 3.8) is 0 Å². The van der Waals surface area contributed by atoms with Crippen molar-refractivity contribution in [1.82, 2.24) is 5.06 Å². The second kappa shape index (κ2) is 8.42. The molecule has 1 aromatic carbocycles. The van der Waals surface area contributed by atoms with Gasteiger partial charge in [0.1, 0.15) is 10.9 Å². The SMILES string of the molecule is COC(=O)c1ccc([C@@H](CS(=O)(=O)CC2Cc3ccccc3C2)N(O)C=O)s1. The summed E-state index contributed by atoms with van der Waals surface area (Å²) in [5.74, 6) is -1.03. The first-order chi connectivity index (χ1) is 13.3. The molecule has 1 aromatic heterocycles. The molecule has 1 atom stereocenters. The maximum atomic E-state index is 12.8. The number of thiophene rings is 1. The highest BCUT2D eigenvalue weighted by atomic mass is 32.2. The second-order valence-corrected chi connectivity index (χ2v) is 10.1. The summed E-state index contributed by atoms with van der Waals surface area (Å²) in [6.07, 6.45) is 1.56. The third-order valence-electron chi connectivity index (χ3n) is 4.81. The molecule has 0 spiro atoms. The molecule has 2 aromatic rings. The van der Waals surface area contributed by atoms with Crippen LogP contribution in [-0.4, -0.2) is 49.7 Å². The van der Waals surface area contributed by atoms with Crippen molar-refractivity contribution in [3.8, 4) is 0 Å². The van der Waals surface area contributed by atoms with Crippen LogP contribution in [-0.2, 0) is 32.2 Å². The molecule has 1 N–H and O–H groups in total. The van der Waals surface area contributed by atoms with Gasteiger partial charge in [0.25, 0.3) is 0 Å². The molecule has 9 heteroatoms. The zero-order chi connectivity index (χ0) is 20.3. The van der Waals surface area contributed by atoms with Crippen LogP contribution in [0.15, 0.2) is 36.4 Å². The Balaban J connectivity index is 1.74. The number of carbonyl (C=O) groups excluding carboxylic acids is 2. The lowest BCUT2D eigenvalue weighted by Gasteiger charge is -2.22. The fourth-order valence-electron chi connectivity index (χ4n) is 3.54. The lowest BCUT2D eigenvalue weighted by atomic mass is 10.1. The summed E-state index contributed by atoms with van der Waals surface area (Å²) in [5, 5.41) is 10.3. The molecule has 1 amide bonds. The van der Waals surface area contributed by atoms with Crippen molar-refractivity contribution < 1.29 is 28.0 Å². The van der Waals surface area contributed by atoms with Crippen molar-refractivity contribution in [2.75, 3.05) is 18.6 Å². The summed E-state index contributed by atoms with van der Waals surface area (Å²) in [7, 11) is -2.33. The molecule has 1 heterocycles. The van der Waals surface area contributed by atoms with Gasteiger partial charge < -0.3 is 4.74 Å². The highest BCUT2D eigenvalue weighted by Gasteiger charge is 2.31. The standard InChI is InChI=1S/C19H21NO6S2/c1-26-19(22)18-7-6-17(27-18)16(20(23)12-21)11-28(24,25)10-13-8-14-4-2-3-5-15(14)9-13/h2-7,12-13,16,23H,8-11H2,1H3/t16-/m1/s1. The number of fused-ring (bicyclic) bond motifs is 1. The van der Waals surface area contributed by atoms with E-state index in [1.165, 1.54) is 19.2 Å². The van der Waals surface area contributed by atoms with Crippen LogP contribution in [0.2, 0.25) is 0 Å². The summed E-state index contributed by atoms with van der Waals surface area (Å²) in [6.45, 7) is 0. The van der Waals surface area contributed by atoms with Crippen molar-refractivity contribution >= 4 is 33.6 Å². The topological polar surface area (TPSA) is 101 Å². The molecule has 0 bridgehead atoms. The van der Waals surface area contributed by atoms with Gasteiger partial charge in [-0.3, -0.25) is 10.0 Å². The van der Waals surface area contributed by atoms with Gasteiger partial charge in [0.2, 0.25) is 6.41 Å². The third-order valence-corrected chi connectivity index (χ3v) is 7.78. The van der Waals surface area contributed by atoms with Crippen LogP contribution in [0.1, 0.15) is 31.7 Å². The Bertz CT molecular complexity index is 943. The van der Waals surface area contributed by atoms with Crippen molar-refractivity contribution in [1.29, 1.82) is 0 Å². The molecule has 0 unspecified atom stereocenters. The Morgan fingerprint density at radius 3 is 2.50 bits per heavy atom. The highest BCUT2D eigenvalue weighted by molar-refractivity contribution is 7.91. The molecule has 3 rings (SSSR count). The molecule has 28 heavy (non-hydrogen) atoms. The number of benzene rings is 1. The molecule has 0 fully saturated rings. The van der Waals surface area contributed by atoms with E-state index in [2.05, 4.69) is 4.74 Å². The Kier molecular flexibility index (Phi) is 6.17. The highest BCUT2D eigenvalue weighted by Crippen LogP contribution is 2.31. The van der Waals surface area contributed by atoms with Crippen LogP contribution in [0.25, 0.3) is 0 Å². The summed E-state index contributed by atoms with van der Waals surface area (Å²) >= 11 is 0.991. The van der Waals surface area contributed by atoms with E-state index in [1.807, 2.05) is 24.3 Å². The zero-order valence-corrected chi connectivity index (χ0v) is 16.9. The van der Waals surface area contributed by atoms with Gasteiger partial charge in [-0.05, 0) is 42.0 Å². The van der Waals surface area contributed by atoms with E-state index in [-0.39, 0.29) is 23.0 Å². The normalized spacial score (nSPS) is 15.1. The van der Waals surface area contributed by atoms with Crippen LogP contribution in [0.4, 0.5) is 0 Å².